The minimum Gasteiger partial charge on any atom is -0.497 e. The molecule has 0 aliphatic carbocycles. The Morgan fingerprint density at radius 2 is 1.80 bits per heavy atom. The van der Waals surface area contributed by atoms with Crippen LogP contribution in [0.15, 0.2) is 54.6 Å². The molecule has 3 aromatic rings. The zero-order valence-corrected chi connectivity index (χ0v) is 17.6. The van der Waals surface area contributed by atoms with Crippen LogP contribution in [0.1, 0.15) is 27.3 Å². The Morgan fingerprint density at radius 1 is 1.07 bits per heavy atom. The molecule has 0 unspecified atom stereocenters. The van der Waals surface area contributed by atoms with E-state index in [0.29, 0.717) is 12.1 Å². The number of methoxy groups -OCH3 is 1. The number of aromatic nitrogens is 2. The van der Waals surface area contributed by atoms with Crippen molar-refractivity contribution in [1.82, 2.24) is 14.7 Å². The topological polar surface area (TPSA) is 73.7 Å². The maximum atomic E-state index is 12.3. The van der Waals surface area contributed by atoms with Crippen LogP contribution in [-0.4, -0.2) is 47.3 Å². The number of rotatable bonds is 7. The van der Waals surface area contributed by atoms with Crippen LogP contribution >= 0.6 is 0 Å². The highest BCUT2D eigenvalue weighted by atomic mass is 16.5. The van der Waals surface area contributed by atoms with E-state index in [1.165, 1.54) is 4.90 Å². The van der Waals surface area contributed by atoms with Crippen LogP contribution in [0.5, 0.6) is 5.75 Å². The molecule has 2 aromatic carbocycles. The molecule has 0 radical (unpaired) electrons. The smallest absolute Gasteiger partial charge is 0.338 e. The molecule has 7 heteroatoms. The number of benzene rings is 2. The largest absolute Gasteiger partial charge is 0.497 e. The molecule has 0 spiro atoms. The Labute approximate surface area is 175 Å². The molecular weight excluding hydrogens is 382 g/mol. The van der Waals surface area contributed by atoms with Crippen molar-refractivity contribution in [2.45, 2.75) is 20.4 Å². The van der Waals surface area contributed by atoms with Gasteiger partial charge in [-0.15, -0.1) is 0 Å². The number of hydrogen-bond acceptors (Lipinski definition) is 5. The summed E-state index contributed by atoms with van der Waals surface area (Å²) in [4.78, 5) is 26.1. The Hall–Kier alpha value is -3.61. The molecule has 0 atom stereocenters. The lowest BCUT2D eigenvalue weighted by molar-refractivity contribution is -0.133. The predicted molar refractivity (Wildman–Crippen MR) is 113 cm³/mol. The number of likely N-dealkylation sites (N-methyl/N-ethyl adjacent to an activating group) is 1. The van der Waals surface area contributed by atoms with Crippen molar-refractivity contribution in [1.29, 1.82) is 0 Å². The van der Waals surface area contributed by atoms with Crippen LogP contribution in [0, 0.1) is 13.8 Å². The number of carbonyl (C=O) groups is 2. The number of ether oxygens (including phenoxy) is 2. The lowest BCUT2D eigenvalue weighted by atomic mass is 10.2. The van der Waals surface area contributed by atoms with E-state index in [0.717, 1.165) is 28.4 Å². The molecule has 0 N–H and O–H groups in total. The molecule has 1 heterocycles. The van der Waals surface area contributed by atoms with Gasteiger partial charge in [-0.2, -0.15) is 5.10 Å². The van der Waals surface area contributed by atoms with E-state index in [-0.39, 0.29) is 12.5 Å². The molecule has 1 aromatic heterocycles. The van der Waals surface area contributed by atoms with Gasteiger partial charge in [0.25, 0.3) is 5.91 Å². The van der Waals surface area contributed by atoms with Crippen LogP contribution in [0.2, 0.25) is 0 Å². The first kappa shape index (κ1) is 21.1. The zero-order valence-electron chi connectivity index (χ0n) is 17.6. The van der Waals surface area contributed by atoms with E-state index in [2.05, 4.69) is 5.10 Å². The number of hydrogen-bond donors (Lipinski definition) is 0. The fourth-order valence-corrected chi connectivity index (χ4v) is 3.08. The maximum Gasteiger partial charge on any atom is 0.338 e. The van der Waals surface area contributed by atoms with Gasteiger partial charge >= 0.3 is 5.97 Å². The standard InChI is InChI=1S/C23H25N3O4/c1-16-12-17(2)26(24-16)20-10-8-19(9-11-20)23(28)30-15-22(27)25(3)14-18-6-5-7-21(13-18)29-4/h5-13H,14-15H2,1-4H3. The van der Waals surface area contributed by atoms with Crippen LogP contribution < -0.4 is 4.74 Å². The Morgan fingerprint density at radius 3 is 2.43 bits per heavy atom. The van der Waals surface area contributed by atoms with E-state index in [9.17, 15) is 9.59 Å². The van der Waals surface area contributed by atoms with Gasteiger partial charge in [0.1, 0.15) is 5.75 Å². The van der Waals surface area contributed by atoms with Crippen molar-refractivity contribution >= 4 is 11.9 Å². The van der Waals surface area contributed by atoms with Crippen LogP contribution in [0.3, 0.4) is 0 Å². The molecule has 7 nitrogen and oxygen atoms in total. The van der Waals surface area contributed by atoms with Crippen molar-refractivity contribution in [2.24, 2.45) is 0 Å². The average Bonchev–Trinajstić information content (AvgIpc) is 3.09. The van der Waals surface area contributed by atoms with Gasteiger partial charge in [-0.3, -0.25) is 4.79 Å². The highest BCUT2D eigenvalue weighted by Gasteiger charge is 2.14. The van der Waals surface area contributed by atoms with Gasteiger partial charge in [0, 0.05) is 19.3 Å². The minimum atomic E-state index is -0.543. The van der Waals surface area contributed by atoms with Crippen LogP contribution in [0.4, 0.5) is 0 Å². The molecular formula is C23H25N3O4. The van der Waals surface area contributed by atoms with Gasteiger partial charge < -0.3 is 14.4 Å². The van der Waals surface area contributed by atoms with E-state index < -0.39 is 5.97 Å². The van der Waals surface area contributed by atoms with Gasteiger partial charge in [-0.05, 0) is 61.9 Å². The first-order chi connectivity index (χ1) is 14.4. The maximum absolute atomic E-state index is 12.3. The highest BCUT2D eigenvalue weighted by Crippen LogP contribution is 2.15. The molecule has 0 bridgehead atoms. The normalized spacial score (nSPS) is 10.5. The molecule has 0 aliphatic rings. The third-order valence-corrected chi connectivity index (χ3v) is 4.66. The highest BCUT2D eigenvalue weighted by molar-refractivity contribution is 5.91. The number of nitrogens with zero attached hydrogens (tertiary/aromatic N) is 3. The van der Waals surface area contributed by atoms with E-state index >= 15 is 0 Å². The monoisotopic (exact) mass is 407 g/mol. The summed E-state index contributed by atoms with van der Waals surface area (Å²) in [7, 11) is 3.26. The van der Waals surface area contributed by atoms with Crippen LogP contribution in [-0.2, 0) is 16.1 Å². The van der Waals surface area contributed by atoms with Crippen molar-refractivity contribution in [3.05, 3.63) is 77.1 Å². The second kappa shape index (κ2) is 9.26. The third kappa shape index (κ3) is 5.05. The van der Waals surface area contributed by atoms with Crippen molar-refractivity contribution in [3.8, 4) is 11.4 Å². The van der Waals surface area contributed by atoms with Gasteiger partial charge in [0.05, 0.1) is 24.1 Å². The molecule has 0 aliphatic heterocycles. The molecule has 156 valence electrons. The van der Waals surface area contributed by atoms with E-state index in [4.69, 9.17) is 9.47 Å². The zero-order chi connectivity index (χ0) is 21.7. The molecule has 0 fully saturated rings. The Bertz CT molecular complexity index is 1040. The fraction of sp³-hybridized carbons (Fsp3) is 0.261. The van der Waals surface area contributed by atoms with E-state index in [1.807, 2.05) is 48.9 Å². The van der Waals surface area contributed by atoms with Gasteiger partial charge in [0.2, 0.25) is 0 Å². The fourth-order valence-electron chi connectivity index (χ4n) is 3.08. The van der Waals surface area contributed by atoms with Gasteiger partial charge in [-0.25, -0.2) is 9.48 Å². The lowest BCUT2D eigenvalue weighted by Crippen LogP contribution is -2.30. The van der Waals surface area contributed by atoms with Crippen LogP contribution in [0.25, 0.3) is 5.69 Å². The second-order valence-corrected chi connectivity index (χ2v) is 7.06. The summed E-state index contributed by atoms with van der Waals surface area (Å²) in [6.07, 6.45) is 0. The summed E-state index contributed by atoms with van der Waals surface area (Å²) in [6.45, 7) is 3.97. The molecule has 0 saturated carbocycles. The summed E-state index contributed by atoms with van der Waals surface area (Å²) >= 11 is 0. The lowest BCUT2D eigenvalue weighted by Gasteiger charge is -2.17. The summed E-state index contributed by atoms with van der Waals surface area (Å²) in [5.41, 5.74) is 4.09. The average molecular weight is 407 g/mol. The number of esters is 1. The quantitative estimate of drug-likeness (QED) is 0.562. The molecule has 30 heavy (non-hydrogen) atoms. The summed E-state index contributed by atoms with van der Waals surface area (Å²) in [6, 6.07) is 16.4. The number of carbonyl (C=O) groups excluding carboxylic acids is 2. The number of amides is 1. The molecule has 3 rings (SSSR count). The first-order valence-corrected chi connectivity index (χ1v) is 9.55. The SMILES string of the molecule is COc1cccc(CN(C)C(=O)COC(=O)c2ccc(-n3nc(C)cc3C)cc2)c1. The predicted octanol–water partition coefficient (Wildman–Crippen LogP) is 3.31. The Kier molecular flexibility index (Phi) is 6.51. The van der Waals surface area contributed by atoms with Gasteiger partial charge in [0.15, 0.2) is 6.61 Å². The molecule has 0 saturated heterocycles. The van der Waals surface area contributed by atoms with Crippen molar-refractivity contribution in [3.63, 3.8) is 0 Å². The summed E-state index contributed by atoms with van der Waals surface area (Å²) < 4.78 is 12.2. The van der Waals surface area contributed by atoms with E-state index in [1.54, 1.807) is 38.4 Å². The second-order valence-electron chi connectivity index (χ2n) is 7.06. The first-order valence-electron chi connectivity index (χ1n) is 9.55. The third-order valence-electron chi connectivity index (χ3n) is 4.66. The number of aryl methyl sites for hydroxylation is 2. The Balaban J connectivity index is 1.55. The summed E-state index contributed by atoms with van der Waals surface area (Å²) in [5.74, 6) is -0.104. The van der Waals surface area contributed by atoms with Gasteiger partial charge in [-0.1, -0.05) is 12.1 Å². The van der Waals surface area contributed by atoms with Crippen molar-refractivity contribution < 1.29 is 19.1 Å². The molecule has 1 amide bonds. The van der Waals surface area contributed by atoms with Crippen molar-refractivity contribution in [2.75, 3.05) is 20.8 Å². The minimum absolute atomic E-state index is 0.287. The summed E-state index contributed by atoms with van der Waals surface area (Å²) in [5, 5.41) is 4.42.